The Balaban J connectivity index is 2.22. The third-order valence-electron chi connectivity index (χ3n) is 4.62. The fraction of sp³-hybridized carbons (Fsp3) is 0.647. The van der Waals surface area contributed by atoms with Crippen molar-refractivity contribution in [1.82, 2.24) is 0 Å². The van der Waals surface area contributed by atoms with E-state index >= 15 is 0 Å². The molecule has 18 heavy (non-hydrogen) atoms. The maximum Gasteiger partial charge on any atom is 0.0820 e. The van der Waals surface area contributed by atoms with Gasteiger partial charge in [-0.3, -0.25) is 0 Å². The van der Waals surface area contributed by atoms with E-state index in [0.717, 1.165) is 11.5 Å². The van der Waals surface area contributed by atoms with E-state index in [4.69, 9.17) is 0 Å². The van der Waals surface area contributed by atoms with Crippen molar-refractivity contribution in [2.75, 3.05) is 0 Å². The maximum absolute atomic E-state index is 10.7. The first-order valence-electron chi connectivity index (χ1n) is 7.25. The Kier molecular flexibility index (Phi) is 4.11. The van der Waals surface area contributed by atoms with Gasteiger partial charge in [0.15, 0.2) is 0 Å². The van der Waals surface area contributed by atoms with Gasteiger partial charge in [-0.2, -0.15) is 0 Å². The summed E-state index contributed by atoms with van der Waals surface area (Å²) in [5.74, 6) is 1.22. The van der Waals surface area contributed by atoms with E-state index in [2.05, 4.69) is 39.8 Å². The highest BCUT2D eigenvalue weighted by Crippen LogP contribution is 2.38. The summed E-state index contributed by atoms with van der Waals surface area (Å²) in [5, 5.41) is 10.7. The Bertz CT molecular complexity index is 422. The van der Waals surface area contributed by atoms with Crippen LogP contribution in [0.1, 0.15) is 61.0 Å². The van der Waals surface area contributed by atoms with E-state index in [1.807, 2.05) is 0 Å². The summed E-state index contributed by atoms with van der Waals surface area (Å²) < 4.78 is 0. The van der Waals surface area contributed by atoms with Crippen LogP contribution in [0, 0.1) is 32.6 Å². The van der Waals surface area contributed by atoms with Crippen molar-refractivity contribution in [3.8, 4) is 0 Å². The molecule has 0 aliphatic heterocycles. The first-order chi connectivity index (χ1) is 8.49. The van der Waals surface area contributed by atoms with Crippen molar-refractivity contribution in [1.29, 1.82) is 0 Å². The molecule has 1 heteroatoms. The zero-order valence-corrected chi connectivity index (χ0v) is 12.2. The molecular weight excluding hydrogens is 220 g/mol. The third kappa shape index (κ3) is 2.77. The molecule has 2 rings (SSSR count). The second kappa shape index (κ2) is 5.44. The molecule has 0 heterocycles. The average Bonchev–Trinajstić information content (AvgIpc) is 2.33. The Morgan fingerprint density at radius 2 is 1.72 bits per heavy atom. The molecule has 1 aliphatic rings. The lowest BCUT2D eigenvalue weighted by Gasteiger charge is -2.31. The summed E-state index contributed by atoms with van der Waals surface area (Å²) in [4.78, 5) is 0. The van der Waals surface area contributed by atoms with Crippen LogP contribution in [-0.4, -0.2) is 5.11 Å². The minimum atomic E-state index is -0.271. The molecule has 1 aromatic rings. The fourth-order valence-electron chi connectivity index (χ4n) is 3.32. The van der Waals surface area contributed by atoms with Gasteiger partial charge < -0.3 is 5.11 Å². The number of rotatable bonds is 2. The first-order valence-corrected chi connectivity index (χ1v) is 7.25. The third-order valence-corrected chi connectivity index (χ3v) is 4.62. The summed E-state index contributed by atoms with van der Waals surface area (Å²) in [6.45, 7) is 8.71. The van der Waals surface area contributed by atoms with Crippen LogP contribution in [-0.2, 0) is 0 Å². The molecule has 1 saturated carbocycles. The van der Waals surface area contributed by atoms with Crippen LogP contribution in [0.2, 0.25) is 0 Å². The highest BCUT2D eigenvalue weighted by molar-refractivity contribution is 5.37. The minimum Gasteiger partial charge on any atom is -0.388 e. The monoisotopic (exact) mass is 246 g/mol. The SMILES string of the molecule is Cc1cc(C)c(C(O)C2CCCC(C)C2)cc1C. The van der Waals surface area contributed by atoms with Crippen molar-refractivity contribution in [2.45, 2.75) is 59.5 Å². The van der Waals surface area contributed by atoms with E-state index in [9.17, 15) is 5.11 Å². The molecule has 1 N–H and O–H groups in total. The lowest BCUT2D eigenvalue weighted by atomic mass is 9.77. The molecule has 0 spiro atoms. The van der Waals surface area contributed by atoms with Crippen LogP contribution in [0.15, 0.2) is 12.1 Å². The molecule has 0 radical (unpaired) electrons. The number of hydrogen-bond acceptors (Lipinski definition) is 1. The van der Waals surface area contributed by atoms with Gasteiger partial charge in [-0.1, -0.05) is 31.9 Å². The zero-order chi connectivity index (χ0) is 13.3. The van der Waals surface area contributed by atoms with E-state index < -0.39 is 0 Å². The fourth-order valence-corrected chi connectivity index (χ4v) is 3.32. The van der Waals surface area contributed by atoms with Crippen molar-refractivity contribution in [2.24, 2.45) is 11.8 Å². The largest absolute Gasteiger partial charge is 0.388 e. The summed E-state index contributed by atoms with van der Waals surface area (Å²) >= 11 is 0. The van der Waals surface area contributed by atoms with Crippen LogP contribution < -0.4 is 0 Å². The van der Waals surface area contributed by atoms with Gasteiger partial charge in [0.25, 0.3) is 0 Å². The van der Waals surface area contributed by atoms with Gasteiger partial charge in [-0.05, 0) is 67.7 Å². The number of benzene rings is 1. The summed E-state index contributed by atoms with van der Waals surface area (Å²) in [6.07, 6.45) is 4.68. The molecule has 1 fully saturated rings. The second-order valence-electron chi connectivity index (χ2n) is 6.27. The highest BCUT2D eigenvalue weighted by atomic mass is 16.3. The Morgan fingerprint density at radius 1 is 1.06 bits per heavy atom. The Morgan fingerprint density at radius 3 is 2.39 bits per heavy atom. The van der Waals surface area contributed by atoms with E-state index in [0.29, 0.717) is 5.92 Å². The molecule has 3 unspecified atom stereocenters. The van der Waals surface area contributed by atoms with Crippen LogP contribution in [0.4, 0.5) is 0 Å². The molecule has 0 amide bonds. The number of aliphatic hydroxyl groups is 1. The topological polar surface area (TPSA) is 20.2 Å². The zero-order valence-electron chi connectivity index (χ0n) is 12.2. The molecule has 3 atom stereocenters. The number of hydrogen-bond donors (Lipinski definition) is 1. The molecule has 1 nitrogen and oxygen atoms in total. The maximum atomic E-state index is 10.7. The second-order valence-corrected chi connectivity index (χ2v) is 6.27. The van der Waals surface area contributed by atoms with Gasteiger partial charge >= 0.3 is 0 Å². The summed E-state index contributed by atoms with van der Waals surface area (Å²) in [7, 11) is 0. The predicted octanol–water partition coefficient (Wildman–Crippen LogP) is 4.47. The van der Waals surface area contributed by atoms with Crippen molar-refractivity contribution >= 4 is 0 Å². The summed E-state index contributed by atoms with van der Waals surface area (Å²) in [5.41, 5.74) is 5.00. The Hall–Kier alpha value is -0.820. The van der Waals surface area contributed by atoms with Gasteiger partial charge in [0.2, 0.25) is 0 Å². The minimum absolute atomic E-state index is 0.271. The van der Waals surface area contributed by atoms with Gasteiger partial charge in [0.05, 0.1) is 6.10 Å². The van der Waals surface area contributed by atoms with Crippen molar-refractivity contribution < 1.29 is 5.11 Å². The smallest absolute Gasteiger partial charge is 0.0820 e. The van der Waals surface area contributed by atoms with Gasteiger partial charge in [-0.15, -0.1) is 0 Å². The standard InChI is InChI=1S/C17H26O/c1-11-6-5-7-15(8-11)17(18)16-10-13(3)12(2)9-14(16)4/h9-11,15,17-18H,5-8H2,1-4H3. The number of aryl methyl sites for hydroxylation is 3. The van der Waals surface area contributed by atoms with E-state index in [1.54, 1.807) is 0 Å². The number of aliphatic hydroxyl groups excluding tert-OH is 1. The van der Waals surface area contributed by atoms with Gasteiger partial charge in [-0.25, -0.2) is 0 Å². The van der Waals surface area contributed by atoms with E-state index in [-0.39, 0.29) is 6.10 Å². The van der Waals surface area contributed by atoms with Crippen LogP contribution in [0.25, 0.3) is 0 Å². The molecule has 1 aliphatic carbocycles. The van der Waals surface area contributed by atoms with Crippen LogP contribution in [0.5, 0.6) is 0 Å². The van der Waals surface area contributed by atoms with Crippen molar-refractivity contribution in [3.05, 3.63) is 34.4 Å². The molecule has 100 valence electrons. The highest BCUT2D eigenvalue weighted by Gasteiger charge is 2.27. The lowest BCUT2D eigenvalue weighted by Crippen LogP contribution is -2.21. The lowest BCUT2D eigenvalue weighted by molar-refractivity contribution is 0.0709. The van der Waals surface area contributed by atoms with Crippen LogP contribution >= 0.6 is 0 Å². The molecule has 0 bridgehead atoms. The van der Waals surface area contributed by atoms with Crippen LogP contribution in [0.3, 0.4) is 0 Å². The molecule has 0 aromatic heterocycles. The molecular formula is C17H26O. The van der Waals surface area contributed by atoms with Gasteiger partial charge in [0, 0.05) is 0 Å². The normalized spacial score (nSPS) is 26.1. The predicted molar refractivity (Wildman–Crippen MR) is 76.7 cm³/mol. The first kappa shape index (κ1) is 13.6. The van der Waals surface area contributed by atoms with E-state index in [1.165, 1.54) is 42.4 Å². The molecule has 0 saturated heterocycles. The quantitative estimate of drug-likeness (QED) is 0.816. The summed E-state index contributed by atoms with van der Waals surface area (Å²) in [6, 6.07) is 4.40. The average molecular weight is 246 g/mol. The Labute approximate surface area is 111 Å². The molecule has 1 aromatic carbocycles. The van der Waals surface area contributed by atoms with Crippen molar-refractivity contribution in [3.63, 3.8) is 0 Å². The van der Waals surface area contributed by atoms with Gasteiger partial charge in [0.1, 0.15) is 0 Å².